The first kappa shape index (κ1) is 13.1. The molecule has 108 valence electrons. The first-order valence-electron chi connectivity index (χ1n) is 6.60. The maximum Gasteiger partial charge on any atom is 0.288 e. The summed E-state index contributed by atoms with van der Waals surface area (Å²) in [5, 5.41) is 8.84. The van der Waals surface area contributed by atoms with Crippen molar-refractivity contribution in [2.75, 3.05) is 12.3 Å². The number of nitrogens with zero attached hydrogens (tertiary/aromatic N) is 4. The summed E-state index contributed by atoms with van der Waals surface area (Å²) in [6.07, 6.45) is 2.60. The molecular weight excluding hydrogens is 270 g/mol. The Balaban J connectivity index is 1.51. The number of nitrogens with one attached hydrogen (secondary N) is 2. The number of H-pyrrole nitrogens is 1. The summed E-state index contributed by atoms with van der Waals surface area (Å²) in [4.78, 5) is 19.8. The minimum absolute atomic E-state index is 0.0602. The summed E-state index contributed by atoms with van der Waals surface area (Å²) in [5.41, 5.74) is 7.41. The number of para-hydroxylation sites is 2. The molecule has 2 heterocycles. The van der Waals surface area contributed by atoms with Crippen molar-refractivity contribution in [3.05, 3.63) is 36.4 Å². The van der Waals surface area contributed by atoms with Crippen molar-refractivity contribution in [2.24, 2.45) is 0 Å². The van der Waals surface area contributed by atoms with Crippen LogP contribution in [0.2, 0.25) is 0 Å². The zero-order chi connectivity index (χ0) is 14.7. The molecule has 0 spiro atoms. The number of fused-ring (bicyclic) bond motifs is 1. The fourth-order valence-electron chi connectivity index (χ4n) is 2.10. The average Bonchev–Trinajstić information content (AvgIpc) is 3.10. The quantitative estimate of drug-likeness (QED) is 0.592. The number of imidazole rings is 1. The highest BCUT2D eigenvalue weighted by Gasteiger charge is 2.09. The number of nitrogens with two attached hydrogens (primary N) is 1. The van der Waals surface area contributed by atoms with Gasteiger partial charge in [0.2, 0.25) is 11.8 Å². The van der Waals surface area contributed by atoms with E-state index in [0.717, 1.165) is 24.0 Å². The lowest BCUT2D eigenvalue weighted by molar-refractivity contribution is 0.0943. The number of aromatic nitrogens is 5. The topological polar surface area (TPSA) is 115 Å². The third-order valence-electron chi connectivity index (χ3n) is 3.11. The van der Waals surface area contributed by atoms with Gasteiger partial charge in [-0.3, -0.25) is 9.89 Å². The Morgan fingerprint density at radius 1 is 1.38 bits per heavy atom. The molecule has 0 aliphatic heterocycles. The molecule has 0 saturated carbocycles. The number of nitrogen functional groups attached to an aromatic ring is 1. The molecule has 0 atom stereocenters. The molecule has 3 rings (SSSR count). The number of anilines is 1. The summed E-state index contributed by atoms with van der Waals surface area (Å²) in [5.74, 6) is -0.125. The molecule has 0 unspecified atom stereocenters. The zero-order valence-electron chi connectivity index (χ0n) is 11.3. The predicted octanol–water partition coefficient (Wildman–Crippen LogP) is 0.557. The number of benzene rings is 1. The van der Waals surface area contributed by atoms with Gasteiger partial charge in [-0.25, -0.2) is 4.98 Å². The molecule has 4 N–H and O–H groups in total. The highest BCUT2D eigenvalue weighted by Crippen LogP contribution is 2.11. The fourth-order valence-corrected chi connectivity index (χ4v) is 2.10. The van der Waals surface area contributed by atoms with E-state index in [-0.39, 0.29) is 17.7 Å². The van der Waals surface area contributed by atoms with E-state index in [1.165, 1.54) is 0 Å². The number of amides is 1. The number of hydrogen-bond acceptors (Lipinski definition) is 5. The van der Waals surface area contributed by atoms with Crippen LogP contribution in [0.25, 0.3) is 11.0 Å². The minimum atomic E-state index is -0.310. The molecule has 0 bridgehead atoms. The number of rotatable bonds is 5. The first-order chi connectivity index (χ1) is 10.2. The molecule has 0 radical (unpaired) electrons. The monoisotopic (exact) mass is 285 g/mol. The molecule has 3 aromatic rings. The van der Waals surface area contributed by atoms with E-state index in [1.807, 2.05) is 30.6 Å². The number of carbonyl (C=O) groups is 1. The largest absolute Gasteiger partial charge is 0.366 e. The van der Waals surface area contributed by atoms with E-state index >= 15 is 0 Å². The molecular formula is C13H15N7O. The zero-order valence-corrected chi connectivity index (χ0v) is 11.3. The normalized spacial score (nSPS) is 10.9. The number of carbonyl (C=O) groups excluding carboxylic acids is 1. The van der Waals surface area contributed by atoms with Crippen molar-refractivity contribution in [1.29, 1.82) is 0 Å². The van der Waals surface area contributed by atoms with Crippen LogP contribution in [0, 0.1) is 0 Å². The van der Waals surface area contributed by atoms with Gasteiger partial charge in [-0.2, -0.15) is 4.98 Å². The highest BCUT2D eigenvalue weighted by molar-refractivity contribution is 5.90. The van der Waals surface area contributed by atoms with E-state index in [0.29, 0.717) is 6.54 Å². The van der Waals surface area contributed by atoms with Crippen molar-refractivity contribution >= 4 is 22.9 Å². The van der Waals surface area contributed by atoms with Gasteiger partial charge in [0.05, 0.1) is 17.4 Å². The Bertz CT molecular complexity index is 761. The second kappa shape index (κ2) is 5.61. The molecule has 0 aliphatic rings. The summed E-state index contributed by atoms with van der Waals surface area (Å²) in [7, 11) is 0. The second-order valence-electron chi connectivity index (χ2n) is 4.58. The molecule has 2 aromatic heterocycles. The van der Waals surface area contributed by atoms with Crippen LogP contribution in [-0.4, -0.2) is 37.2 Å². The molecule has 0 saturated heterocycles. The third-order valence-corrected chi connectivity index (χ3v) is 3.11. The smallest absolute Gasteiger partial charge is 0.288 e. The molecule has 0 aliphatic carbocycles. The average molecular weight is 285 g/mol. The van der Waals surface area contributed by atoms with Gasteiger partial charge in [-0.1, -0.05) is 12.1 Å². The van der Waals surface area contributed by atoms with Gasteiger partial charge < -0.3 is 15.6 Å². The van der Waals surface area contributed by atoms with Crippen LogP contribution in [0.4, 0.5) is 5.95 Å². The molecule has 8 heteroatoms. The first-order valence-corrected chi connectivity index (χ1v) is 6.60. The lowest BCUT2D eigenvalue weighted by Gasteiger charge is -2.05. The van der Waals surface area contributed by atoms with E-state index < -0.39 is 0 Å². The lowest BCUT2D eigenvalue weighted by Crippen LogP contribution is -2.26. The Labute approximate surface area is 120 Å². The van der Waals surface area contributed by atoms with E-state index in [9.17, 15) is 4.79 Å². The number of hydrogen-bond donors (Lipinski definition) is 3. The fraction of sp³-hybridized carbons (Fsp3) is 0.231. The van der Waals surface area contributed by atoms with Gasteiger partial charge in [-0.15, -0.1) is 5.10 Å². The number of aryl methyl sites for hydroxylation is 1. The van der Waals surface area contributed by atoms with E-state index in [2.05, 4.69) is 30.0 Å². The van der Waals surface area contributed by atoms with Crippen LogP contribution in [-0.2, 0) is 6.54 Å². The maximum absolute atomic E-state index is 11.7. The Morgan fingerprint density at radius 2 is 2.24 bits per heavy atom. The van der Waals surface area contributed by atoms with Crippen LogP contribution >= 0.6 is 0 Å². The van der Waals surface area contributed by atoms with E-state index in [1.54, 1.807) is 0 Å². The van der Waals surface area contributed by atoms with Crippen molar-refractivity contribution in [2.45, 2.75) is 13.0 Å². The summed E-state index contributed by atoms with van der Waals surface area (Å²) < 4.78 is 2.06. The Kier molecular flexibility index (Phi) is 3.50. The molecule has 21 heavy (non-hydrogen) atoms. The molecule has 1 amide bonds. The van der Waals surface area contributed by atoms with Crippen molar-refractivity contribution in [3.63, 3.8) is 0 Å². The Morgan fingerprint density at radius 3 is 3.05 bits per heavy atom. The molecule has 8 nitrogen and oxygen atoms in total. The standard InChI is InChI=1S/C13H15N7O/c14-13-17-11(18-19-13)12(21)15-6-3-7-20-8-16-9-4-1-2-5-10(9)20/h1-2,4-5,8H,3,6-7H2,(H,15,21)(H3,14,17,18,19). The van der Waals surface area contributed by atoms with Gasteiger partial charge in [-0.05, 0) is 18.6 Å². The molecule has 1 aromatic carbocycles. The summed E-state index contributed by atoms with van der Waals surface area (Å²) in [6, 6.07) is 7.94. The SMILES string of the molecule is Nc1n[nH]c(C(=O)NCCCn2cnc3ccccc32)n1. The van der Waals surface area contributed by atoms with Crippen LogP contribution in [0.5, 0.6) is 0 Å². The van der Waals surface area contributed by atoms with E-state index in [4.69, 9.17) is 5.73 Å². The number of aromatic amines is 1. The van der Waals surface area contributed by atoms with Crippen LogP contribution in [0.15, 0.2) is 30.6 Å². The van der Waals surface area contributed by atoms with Crippen molar-refractivity contribution in [1.82, 2.24) is 30.0 Å². The van der Waals surface area contributed by atoms with Gasteiger partial charge in [0.25, 0.3) is 5.91 Å². The van der Waals surface area contributed by atoms with Gasteiger partial charge >= 0.3 is 0 Å². The van der Waals surface area contributed by atoms with Gasteiger partial charge in [0.15, 0.2) is 0 Å². The minimum Gasteiger partial charge on any atom is -0.366 e. The van der Waals surface area contributed by atoms with Crippen LogP contribution in [0.3, 0.4) is 0 Å². The van der Waals surface area contributed by atoms with Crippen LogP contribution in [0.1, 0.15) is 17.0 Å². The van der Waals surface area contributed by atoms with Crippen molar-refractivity contribution in [3.8, 4) is 0 Å². The molecule has 0 fully saturated rings. The highest BCUT2D eigenvalue weighted by atomic mass is 16.2. The Hall–Kier alpha value is -2.90. The lowest BCUT2D eigenvalue weighted by atomic mass is 10.3. The maximum atomic E-state index is 11.7. The predicted molar refractivity (Wildman–Crippen MR) is 77.5 cm³/mol. The second-order valence-corrected chi connectivity index (χ2v) is 4.58. The van der Waals surface area contributed by atoms with Crippen LogP contribution < -0.4 is 11.1 Å². The van der Waals surface area contributed by atoms with Gasteiger partial charge in [0.1, 0.15) is 0 Å². The van der Waals surface area contributed by atoms with Crippen molar-refractivity contribution < 1.29 is 4.79 Å². The summed E-state index contributed by atoms with van der Waals surface area (Å²) >= 11 is 0. The third kappa shape index (κ3) is 2.83. The summed E-state index contributed by atoms with van der Waals surface area (Å²) in [6.45, 7) is 1.31. The van der Waals surface area contributed by atoms with Gasteiger partial charge in [0, 0.05) is 13.1 Å².